The van der Waals surface area contributed by atoms with Crippen LogP contribution in [-0.2, 0) is 26.0 Å². The maximum absolute atomic E-state index is 13.6. The molecule has 10 heteroatoms. The van der Waals surface area contributed by atoms with Gasteiger partial charge >= 0.3 is 0 Å². The van der Waals surface area contributed by atoms with E-state index in [4.69, 9.17) is 23.2 Å². The highest BCUT2D eigenvalue weighted by atomic mass is 35.5. The molecule has 7 nitrogen and oxygen atoms in total. The Labute approximate surface area is 221 Å². The van der Waals surface area contributed by atoms with Gasteiger partial charge in [-0.1, -0.05) is 59.6 Å². The number of amides is 2. The number of nitrogens with one attached hydrogen (secondary N) is 1. The van der Waals surface area contributed by atoms with Crippen LogP contribution in [0.4, 0.5) is 5.69 Å². The van der Waals surface area contributed by atoms with Crippen LogP contribution in [0.1, 0.15) is 12.5 Å². The molecule has 0 aliphatic rings. The SMILES string of the molecule is CNC(=O)C(C)N(CCc1ccccc1)C(=O)CN(c1cccc(Cl)c1)S(=O)(=O)c1ccc(Cl)cc1. The molecule has 1 atom stereocenters. The van der Waals surface area contributed by atoms with Gasteiger partial charge in [-0.25, -0.2) is 8.42 Å². The first-order valence-electron chi connectivity index (χ1n) is 11.2. The van der Waals surface area contributed by atoms with E-state index in [2.05, 4.69) is 5.32 Å². The second kappa shape index (κ2) is 12.3. The number of anilines is 1. The highest BCUT2D eigenvalue weighted by molar-refractivity contribution is 7.92. The Morgan fingerprint density at radius 3 is 2.19 bits per heavy atom. The third-order valence-electron chi connectivity index (χ3n) is 5.67. The first-order chi connectivity index (χ1) is 17.1. The number of hydrogen-bond acceptors (Lipinski definition) is 4. The molecule has 0 aliphatic heterocycles. The topological polar surface area (TPSA) is 86.8 Å². The summed E-state index contributed by atoms with van der Waals surface area (Å²) >= 11 is 12.1. The molecule has 1 unspecified atom stereocenters. The number of sulfonamides is 1. The number of halogens is 2. The Morgan fingerprint density at radius 1 is 0.917 bits per heavy atom. The average Bonchev–Trinajstić information content (AvgIpc) is 2.87. The van der Waals surface area contributed by atoms with Gasteiger partial charge in [-0.2, -0.15) is 0 Å². The predicted octanol–water partition coefficient (Wildman–Crippen LogP) is 4.39. The molecule has 0 aromatic heterocycles. The lowest BCUT2D eigenvalue weighted by atomic mass is 10.1. The smallest absolute Gasteiger partial charge is 0.264 e. The van der Waals surface area contributed by atoms with Crippen molar-refractivity contribution in [2.75, 3.05) is 24.4 Å². The standard InChI is InChI=1S/C26H27Cl2N3O4S/c1-19(26(33)29-2)30(16-15-20-7-4-3-5-8-20)25(32)18-31(23-10-6-9-22(28)17-23)36(34,35)24-13-11-21(27)12-14-24/h3-14,17,19H,15-16,18H2,1-2H3,(H,29,33). The maximum atomic E-state index is 13.6. The van der Waals surface area contributed by atoms with Gasteiger partial charge < -0.3 is 10.2 Å². The van der Waals surface area contributed by atoms with Gasteiger partial charge in [0.15, 0.2) is 0 Å². The monoisotopic (exact) mass is 547 g/mol. The van der Waals surface area contributed by atoms with Crippen LogP contribution in [0.2, 0.25) is 10.0 Å². The van der Waals surface area contributed by atoms with Crippen LogP contribution < -0.4 is 9.62 Å². The van der Waals surface area contributed by atoms with Crippen molar-refractivity contribution in [3.05, 3.63) is 94.5 Å². The Kier molecular flexibility index (Phi) is 9.37. The molecule has 1 N–H and O–H groups in total. The van der Waals surface area contributed by atoms with E-state index in [0.29, 0.717) is 16.5 Å². The van der Waals surface area contributed by atoms with Crippen molar-refractivity contribution in [1.29, 1.82) is 0 Å². The van der Waals surface area contributed by atoms with E-state index in [9.17, 15) is 18.0 Å². The van der Waals surface area contributed by atoms with Crippen LogP contribution in [0, 0.1) is 0 Å². The molecule has 3 rings (SSSR count). The Bertz CT molecular complexity index is 1300. The molecule has 0 bridgehead atoms. The highest BCUT2D eigenvalue weighted by Crippen LogP contribution is 2.27. The minimum Gasteiger partial charge on any atom is -0.357 e. The molecule has 36 heavy (non-hydrogen) atoms. The van der Waals surface area contributed by atoms with Crippen molar-refractivity contribution in [1.82, 2.24) is 10.2 Å². The Morgan fingerprint density at radius 2 is 1.58 bits per heavy atom. The largest absolute Gasteiger partial charge is 0.357 e. The molecule has 2 amide bonds. The van der Waals surface area contributed by atoms with Gasteiger partial charge in [-0.15, -0.1) is 0 Å². The number of rotatable bonds is 10. The molecule has 0 spiro atoms. The summed E-state index contributed by atoms with van der Waals surface area (Å²) in [7, 11) is -2.68. The van der Waals surface area contributed by atoms with Crippen molar-refractivity contribution in [2.24, 2.45) is 0 Å². The van der Waals surface area contributed by atoms with Crippen LogP contribution in [0.3, 0.4) is 0 Å². The van der Waals surface area contributed by atoms with E-state index in [1.54, 1.807) is 25.1 Å². The summed E-state index contributed by atoms with van der Waals surface area (Å²) in [4.78, 5) is 27.4. The molecule has 0 heterocycles. The summed E-state index contributed by atoms with van der Waals surface area (Å²) in [6.45, 7) is 1.31. The van der Waals surface area contributed by atoms with Crippen molar-refractivity contribution in [2.45, 2.75) is 24.3 Å². The average molecular weight is 548 g/mol. The fourth-order valence-electron chi connectivity index (χ4n) is 3.67. The number of nitrogens with zero attached hydrogens (tertiary/aromatic N) is 2. The maximum Gasteiger partial charge on any atom is 0.264 e. The fourth-order valence-corrected chi connectivity index (χ4v) is 5.39. The van der Waals surface area contributed by atoms with Gasteiger partial charge in [0.2, 0.25) is 11.8 Å². The first kappa shape index (κ1) is 27.5. The summed E-state index contributed by atoms with van der Waals surface area (Å²) in [5.41, 5.74) is 1.21. The molecule has 0 aliphatic carbocycles. The summed E-state index contributed by atoms with van der Waals surface area (Å²) in [5, 5.41) is 3.25. The molecular weight excluding hydrogens is 521 g/mol. The summed E-state index contributed by atoms with van der Waals surface area (Å²) in [5.74, 6) is -0.883. The zero-order chi connectivity index (χ0) is 26.3. The Hall–Kier alpha value is -3.07. The lowest BCUT2D eigenvalue weighted by molar-refractivity contribution is -0.138. The normalized spacial score (nSPS) is 12.0. The van der Waals surface area contributed by atoms with E-state index in [0.717, 1.165) is 9.87 Å². The van der Waals surface area contributed by atoms with E-state index in [1.807, 2.05) is 30.3 Å². The van der Waals surface area contributed by atoms with Crippen LogP contribution >= 0.6 is 23.2 Å². The molecule has 0 fully saturated rings. The zero-order valence-corrected chi connectivity index (χ0v) is 22.2. The van der Waals surface area contributed by atoms with Gasteiger partial charge in [0.1, 0.15) is 12.6 Å². The van der Waals surface area contributed by atoms with Gasteiger partial charge in [-0.05, 0) is 61.4 Å². The third-order valence-corrected chi connectivity index (χ3v) is 7.95. The van der Waals surface area contributed by atoms with Crippen LogP contribution in [0.15, 0.2) is 83.8 Å². The first-order valence-corrected chi connectivity index (χ1v) is 13.4. The molecule has 0 radical (unpaired) electrons. The number of benzene rings is 3. The van der Waals surface area contributed by atoms with Crippen molar-refractivity contribution < 1.29 is 18.0 Å². The number of hydrogen-bond donors (Lipinski definition) is 1. The molecule has 0 saturated heterocycles. The highest BCUT2D eigenvalue weighted by Gasteiger charge is 2.32. The second-order valence-electron chi connectivity index (χ2n) is 8.06. The van der Waals surface area contributed by atoms with Crippen molar-refractivity contribution in [3.8, 4) is 0 Å². The van der Waals surface area contributed by atoms with Crippen molar-refractivity contribution >= 4 is 50.7 Å². The molecule has 3 aromatic rings. The van der Waals surface area contributed by atoms with Crippen molar-refractivity contribution in [3.63, 3.8) is 0 Å². The third kappa shape index (κ3) is 6.78. The quantitative estimate of drug-likeness (QED) is 0.407. The lowest BCUT2D eigenvalue weighted by Gasteiger charge is -2.31. The molecular formula is C26H27Cl2N3O4S. The van der Waals surface area contributed by atoms with Gasteiger partial charge in [0.25, 0.3) is 10.0 Å². The number of carbonyl (C=O) groups is 2. The van der Waals surface area contributed by atoms with E-state index in [1.165, 1.54) is 42.3 Å². The Balaban J connectivity index is 1.97. The zero-order valence-electron chi connectivity index (χ0n) is 19.9. The summed E-state index contributed by atoms with van der Waals surface area (Å²) < 4.78 is 28.3. The number of likely N-dealkylation sites (N-methyl/N-ethyl adjacent to an activating group) is 1. The van der Waals surface area contributed by atoms with Crippen LogP contribution in [-0.4, -0.2) is 51.3 Å². The van der Waals surface area contributed by atoms with Gasteiger partial charge in [0.05, 0.1) is 10.6 Å². The molecule has 190 valence electrons. The molecule has 0 saturated carbocycles. The molecule has 3 aromatic carbocycles. The van der Waals surface area contributed by atoms with E-state index >= 15 is 0 Å². The van der Waals surface area contributed by atoms with Gasteiger partial charge in [-0.3, -0.25) is 13.9 Å². The van der Waals surface area contributed by atoms with Crippen LogP contribution in [0.25, 0.3) is 0 Å². The van der Waals surface area contributed by atoms with E-state index < -0.39 is 28.5 Å². The number of carbonyl (C=O) groups excluding carboxylic acids is 2. The summed E-state index contributed by atoms with van der Waals surface area (Å²) in [6, 6.07) is 20.6. The second-order valence-corrected chi connectivity index (χ2v) is 10.8. The lowest BCUT2D eigenvalue weighted by Crippen LogP contribution is -2.51. The fraction of sp³-hybridized carbons (Fsp3) is 0.231. The minimum absolute atomic E-state index is 0.0325. The van der Waals surface area contributed by atoms with E-state index in [-0.39, 0.29) is 23.0 Å². The predicted molar refractivity (Wildman–Crippen MR) is 143 cm³/mol. The minimum atomic E-state index is -4.17. The van der Waals surface area contributed by atoms with Gasteiger partial charge in [0, 0.05) is 23.6 Å². The summed E-state index contributed by atoms with van der Waals surface area (Å²) in [6.07, 6.45) is 0.495. The van der Waals surface area contributed by atoms with Crippen LogP contribution in [0.5, 0.6) is 0 Å².